The van der Waals surface area contributed by atoms with Gasteiger partial charge >= 0.3 is 12.6 Å². The molecule has 0 spiro atoms. The summed E-state index contributed by atoms with van der Waals surface area (Å²) in [5.74, 6) is -0.147. The summed E-state index contributed by atoms with van der Waals surface area (Å²) in [4.78, 5) is 11.0. The standard InChI is InChI=1S/C14H19F2NO3/c1-10(17-9-13(18)19-2)3-4-11-5-7-12(8-6-11)20-14(15)16/h5-8,10,14,17H,3-4,9H2,1-2H3. The zero-order valence-electron chi connectivity index (χ0n) is 11.6. The molecule has 0 bridgehead atoms. The zero-order valence-corrected chi connectivity index (χ0v) is 11.6. The Morgan fingerprint density at radius 1 is 1.30 bits per heavy atom. The number of hydrogen-bond acceptors (Lipinski definition) is 4. The zero-order chi connectivity index (χ0) is 15.0. The van der Waals surface area contributed by atoms with Gasteiger partial charge in [-0.05, 0) is 37.5 Å². The van der Waals surface area contributed by atoms with Gasteiger partial charge in [-0.15, -0.1) is 0 Å². The number of aryl methyl sites for hydroxylation is 1. The maximum atomic E-state index is 12.0. The lowest BCUT2D eigenvalue weighted by Crippen LogP contribution is -2.32. The smallest absolute Gasteiger partial charge is 0.387 e. The highest BCUT2D eigenvalue weighted by atomic mass is 19.3. The largest absolute Gasteiger partial charge is 0.468 e. The minimum absolute atomic E-state index is 0.153. The third-order valence-corrected chi connectivity index (χ3v) is 2.84. The number of benzene rings is 1. The number of ether oxygens (including phenoxy) is 2. The van der Waals surface area contributed by atoms with Crippen molar-refractivity contribution in [1.82, 2.24) is 5.32 Å². The molecular weight excluding hydrogens is 268 g/mol. The quantitative estimate of drug-likeness (QED) is 0.746. The number of nitrogens with one attached hydrogen (secondary N) is 1. The molecule has 20 heavy (non-hydrogen) atoms. The van der Waals surface area contributed by atoms with Gasteiger partial charge < -0.3 is 14.8 Å². The number of alkyl halides is 2. The van der Waals surface area contributed by atoms with Crippen molar-refractivity contribution in [2.75, 3.05) is 13.7 Å². The first kappa shape index (κ1) is 16.4. The number of rotatable bonds is 8. The van der Waals surface area contributed by atoms with Crippen molar-refractivity contribution in [2.45, 2.75) is 32.4 Å². The topological polar surface area (TPSA) is 47.6 Å². The minimum Gasteiger partial charge on any atom is -0.468 e. The minimum atomic E-state index is -2.80. The molecule has 112 valence electrons. The summed E-state index contributed by atoms with van der Waals surface area (Å²) in [6, 6.07) is 6.71. The Hall–Kier alpha value is -1.69. The van der Waals surface area contributed by atoms with Crippen LogP contribution < -0.4 is 10.1 Å². The van der Waals surface area contributed by atoms with Crippen LogP contribution in [0, 0.1) is 0 Å². The van der Waals surface area contributed by atoms with Crippen molar-refractivity contribution in [1.29, 1.82) is 0 Å². The van der Waals surface area contributed by atoms with Crippen LogP contribution >= 0.6 is 0 Å². The van der Waals surface area contributed by atoms with Crippen molar-refractivity contribution < 1.29 is 23.0 Å². The molecule has 0 heterocycles. The predicted octanol–water partition coefficient (Wildman–Crippen LogP) is 2.37. The van der Waals surface area contributed by atoms with Gasteiger partial charge in [0.15, 0.2) is 0 Å². The molecule has 6 heteroatoms. The lowest BCUT2D eigenvalue weighted by atomic mass is 10.1. The van der Waals surface area contributed by atoms with Crippen molar-refractivity contribution in [3.8, 4) is 5.75 Å². The fraction of sp³-hybridized carbons (Fsp3) is 0.500. The van der Waals surface area contributed by atoms with Gasteiger partial charge in [0.2, 0.25) is 0 Å². The molecule has 1 unspecified atom stereocenters. The fourth-order valence-electron chi connectivity index (χ4n) is 1.65. The molecule has 4 nitrogen and oxygen atoms in total. The first-order valence-corrected chi connectivity index (χ1v) is 6.35. The highest BCUT2D eigenvalue weighted by Crippen LogP contribution is 2.16. The lowest BCUT2D eigenvalue weighted by molar-refractivity contribution is -0.139. The Morgan fingerprint density at radius 2 is 1.95 bits per heavy atom. The Bertz CT molecular complexity index is 409. The number of halogens is 2. The second-order valence-electron chi connectivity index (χ2n) is 4.42. The number of methoxy groups -OCH3 is 1. The van der Waals surface area contributed by atoms with Crippen molar-refractivity contribution in [2.24, 2.45) is 0 Å². The molecule has 1 rings (SSSR count). The number of carbonyl (C=O) groups excluding carboxylic acids is 1. The van der Waals surface area contributed by atoms with Crippen LogP contribution in [0.15, 0.2) is 24.3 Å². The molecule has 1 aromatic carbocycles. The highest BCUT2D eigenvalue weighted by Gasteiger charge is 2.07. The number of carbonyl (C=O) groups is 1. The Balaban J connectivity index is 2.32. The van der Waals surface area contributed by atoms with Crippen molar-refractivity contribution in [3.63, 3.8) is 0 Å². The molecule has 0 aliphatic carbocycles. The number of esters is 1. The molecule has 0 amide bonds. The maximum absolute atomic E-state index is 12.0. The van der Waals surface area contributed by atoms with Gasteiger partial charge in [-0.2, -0.15) is 8.78 Å². The summed E-state index contributed by atoms with van der Waals surface area (Å²) in [6.45, 7) is -0.654. The van der Waals surface area contributed by atoms with E-state index in [2.05, 4.69) is 14.8 Å². The van der Waals surface area contributed by atoms with Crippen LogP contribution in [-0.2, 0) is 16.0 Å². The molecule has 0 saturated carbocycles. The summed E-state index contributed by atoms with van der Waals surface area (Å²) >= 11 is 0. The van der Waals surface area contributed by atoms with E-state index in [9.17, 15) is 13.6 Å². The highest BCUT2D eigenvalue weighted by molar-refractivity contribution is 5.71. The molecule has 0 aliphatic rings. The molecule has 0 aromatic heterocycles. The van der Waals surface area contributed by atoms with Gasteiger partial charge in [0.05, 0.1) is 13.7 Å². The lowest BCUT2D eigenvalue weighted by Gasteiger charge is -2.13. The van der Waals surface area contributed by atoms with Crippen molar-refractivity contribution >= 4 is 5.97 Å². The van der Waals surface area contributed by atoms with E-state index >= 15 is 0 Å². The molecule has 1 atom stereocenters. The van der Waals surface area contributed by atoms with Crippen LogP contribution in [-0.4, -0.2) is 32.3 Å². The summed E-state index contributed by atoms with van der Waals surface area (Å²) < 4.78 is 32.8. The molecular formula is C14H19F2NO3. The van der Waals surface area contributed by atoms with Gasteiger partial charge in [0.25, 0.3) is 0 Å². The molecule has 0 aliphatic heterocycles. The average molecular weight is 287 g/mol. The third-order valence-electron chi connectivity index (χ3n) is 2.84. The van der Waals surface area contributed by atoms with Gasteiger partial charge in [0.1, 0.15) is 5.75 Å². The summed E-state index contributed by atoms with van der Waals surface area (Å²) in [5.41, 5.74) is 1.03. The van der Waals surface area contributed by atoms with Gasteiger partial charge in [0, 0.05) is 6.04 Å². The number of hydrogen-bond donors (Lipinski definition) is 1. The molecule has 1 aromatic rings. The predicted molar refractivity (Wildman–Crippen MR) is 70.9 cm³/mol. The summed E-state index contributed by atoms with van der Waals surface area (Å²) in [7, 11) is 1.34. The van der Waals surface area contributed by atoms with Crippen molar-refractivity contribution in [3.05, 3.63) is 29.8 Å². The summed E-state index contributed by atoms with van der Waals surface area (Å²) in [5, 5.41) is 3.04. The van der Waals surface area contributed by atoms with E-state index in [-0.39, 0.29) is 24.3 Å². The molecule has 0 fully saturated rings. The Morgan fingerprint density at radius 3 is 2.50 bits per heavy atom. The Labute approximate surface area is 117 Å². The Kier molecular flexibility index (Phi) is 6.93. The van der Waals surface area contributed by atoms with E-state index in [0.29, 0.717) is 0 Å². The molecule has 0 radical (unpaired) electrons. The maximum Gasteiger partial charge on any atom is 0.387 e. The second-order valence-corrected chi connectivity index (χ2v) is 4.42. The monoisotopic (exact) mass is 287 g/mol. The van der Waals surface area contributed by atoms with Crippen LogP contribution in [0.4, 0.5) is 8.78 Å². The van der Waals surface area contributed by atoms with E-state index in [1.807, 2.05) is 6.92 Å². The first-order chi connectivity index (χ1) is 9.51. The van der Waals surface area contributed by atoms with Crippen LogP contribution in [0.2, 0.25) is 0 Å². The van der Waals surface area contributed by atoms with Crippen LogP contribution in [0.25, 0.3) is 0 Å². The SMILES string of the molecule is COC(=O)CNC(C)CCc1ccc(OC(F)F)cc1. The first-order valence-electron chi connectivity index (χ1n) is 6.35. The molecule has 0 saturated heterocycles. The summed E-state index contributed by atoms with van der Waals surface area (Å²) in [6.07, 6.45) is 1.61. The van der Waals surface area contributed by atoms with E-state index in [0.717, 1.165) is 18.4 Å². The van der Waals surface area contributed by atoms with E-state index < -0.39 is 6.61 Å². The normalized spacial score (nSPS) is 12.2. The van der Waals surface area contributed by atoms with Crippen LogP contribution in [0.5, 0.6) is 5.75 Å². The second kappa shape index (κ2) is 8.47. The van der Waals surface area contributed by atoms with E-state index in [1.165, 1.54) is 19.2 Å². The van der Waals surface area contributed by atoms with E-state index in [1.54, 1.807) is 12.1 Å². The average Bonchev–Trinajstić information content (AvgIpc) is 2.43. The van der Waals surface area contributed by atoms with Gasteiger partial charge in [-0.3, -0.25) is 4.79 Å². The molecule has 1 N–H and O–H groups in total. The van der Waals surface area contributed by atoms with Gasteiger partial charge in [-0.1, -0.05) is 12.1 Å². The van der Waals surface area contributed by atoms with E-state index in [4.69, 9.17) is 0 Å². The third kappa shape index (κ3) is 6.47. The van der Waals surface area contributed by atoms with Crippen LogP contribution in [0.3, 0.4) is 0 Å². The van der Waals surface area contributed by atoms with Crippen LogP contribution in [0.1, 0.15) is 18.9 Å². The fourth-order valence-corrected chi connectivity index (χ4v) is 1.65. The van der Waals surface area contributed by atoms with Gasteiger partial charge in [-0.25, -0.2) is 0 Å².